The molecule has 1 amide bonds. The van der Waals surface area contributed by atoms with Crippen LogP contribution in [0.15, 0.2) is 12.1 Å². The van der Waals surface area contributed by atoms with Crippen molar-refractivity contribution in [1.29, 1.82) is 0 Å². The Kier molecular flexibility index (Phi) is 4.52. The number of hydrogen-bond acceptors (Lipinski definition) is 3. The number of benzene rings is 1. The van der Waals surface area contributed by atoms with Crippen LogP contribution >= 0.6 is 0 Å². The van der Waals surface area contributed by atoms with Crippen LogP contribution in [0.3, 0.4) is 0 Å². The van der Waals surface area contributed by atoms with Crippen molar-refractivity contribution in [3.8, 4) is 0 Å². The van der Waals surface area contributed by atoms with E-state index in [9.17, 15) is 4.79 Å². The van der Waals surface area contributed by atoms with Crippen molar-refractivity contribution in [1.82, 2.24) is 0 Å². The molecule has 0 heterocycles. The highest BCUT2D eigenvalue weighted by Gasteiger charge is 2.10. The van der Waals surface area contributed by atoms with Gasteiger partial charge in [0.2, 0.25) is 5.91 Å². The normalized spacial score (nSPS) is 10.6. The SMILES string of the molecule is Cc1ccc(N)c(C)c1NC(=O)COC(C)C. The van der Waals surface area contributed by atoms with Gasteiger partial charge in [0, 0.05) is 11.4 Å². The van der Waals surface area contributed by atoms with E-state index >= 15 is 0 Å². The van der Waals surface area contributed by atoms with Crippen LogP contribution in [-0.2, 0) is 9.53 Å². The zero-order chi connectivity index (χ0) is 13.0. The number of anilines is 2. The first kappa shape index (κ1) is 13.5. The molecule has 0 spiro atoms. The smallest absolute Gasteiger partial charge is 0.250 e. The molecular weight excluding hydrogens is 216 g/mol. The minimum atomic E-state index is -0.157. The summed E-state index contributed by atoms with van der Waals surface area (Å²) >= 11 is 0. The van der Waals surface area contributed by atoms with E-state index in [0.29, 0.717) is 5.69 Å². The Bertz CT molecular complexity index is 414. The van der Waals surface area contributed by atoms with Crippen LogP contribution in [0.5, 0.6) is 0 Å². The molecule has 0 aliphatic rings. The van der Waals surface area contributed by atoms with Gasteiger partial charge in [-0.1, -0.05) is 6.07 Å². The maximum atomic E-state index is 11.7. The molecule has 1 rings (SSSR count). The highest BCUT2D eigenvalue weighted by atomic mass is 16.5. The van der Waals surface area contributed by atoms with E-state index in [2.05, 4.69) is 5.32 Å². The fraction of sp³-hybridized carbons (Fsp3) is 0.462. The summed E-state index contributed by atoms with van der Waals surface area (Å²) in [5.74, 6) is -0.157. The van der Waals surface area contributed by atoms with Crippen LogP contribution in [0, 0.1) is 13.8 Å². The molecule has 4 nitrogen and oxygen atoms in total. The quantitative estimate of drug-likeness (QED) is 0.788. The van der Waals surface area contributed by atoms with Gasteiger partial charge in [-0.25, -0.2) is 0 Å². The second-order valence-corrected chi connectivity index (χ2v) is 4.38. The predicted molar refractivity (Wildman–Crippen MR) is 70.0 cm³/mol. The second kappa shape index (κ2) is 5.68. The zero-order valence-electron chi connectivity index (χ0n) is 10.8. The molecule has 1 aromatic rings. The molecule has 4 heteroatoms. The topological polar surface area (TPSA) is 64.3 Å². The van der Waals surface area contributed by atoms with Gasteiger partial charge in [-0.05, 0) is 44.9 Å². The van der Waals surface area contributed by atoms with Crippen molar-refractivity contribution < 1.29 is 9.53 Å². The van der Waals surface area contributed by atoms with Crippen molar-refractivity contribution in [2.75, 3.05) is 17.7 Å². The van der Waals surface area contributed by atoms with Gasteiger partial charge >= 0.3 is 0 Å². The Hall–Kier alpha value is -1.55. The summed E-state index contributed by atoms with van der Waals surface area (Å²) in [5, 5.41) is 2.83. The summed E-state index contributed by atoms with van der Waals surface area (Å²) in [7, 11) is 0. The largest absolute Gasteiger partial charge is 0.398 e. The van der Waals surface area contributed by atoms with Crippen LogP contribution in [0.2, 0.25) is 0 Å². The van der Waals surface area contributed by atoms with Crippen molar-refractivity contribution in [3.63, 3.8) is 0 Å². The number of carbonyl (C=O) groups is 1. The first-order valence-electron chi connectivity index (χ1n) is 5.69. The van der Waals surface area contributed by atoms with Gasteiger partial charge in [0.1, 0.15) is 6.61 Å². The van der Waals surface area contributed by atoms with Gasteiger partial charge < -0.3 is 15.8 Å². The van der Waals surface area contributed by atoms with E-state index in [1.807, 2.05) is 39.8 Å². The van der Waals surface area contributed by atoms with Crippen molar-refractivity contribution >= 4 is 17.3 Å². The summed E-state index contributed by atoms with van der Waals surface area (Å²) < 4.78 is 5.24. The van der Waals surface area contributed by atoms with Crippen LogP contribution in [0.1, 0.15) is 25.0 Å². The van der Waals surface area contributed by atoms with Gasteiger partial charge in [0.15, 0.2) is 0 Å². The lowest BCUT2D eigenvalue weighted by Gasteiger charge is -2.14. The van der Waals surface area contributed by atoms with Gasteiger partial charge in [-0.2, -0.15) is 0 Å². The Morgan fingerprint density at radius 3 is 2.65 bits per heavy atom. The minimum Gasteiger partial charge on any atom is -0.398 e. The Labute approximate surface area is 102 Å². The molecule has 0 saturated carbocycles. The highest BCUT2D eigenvalue weighted by Crippen LogP contribution is 2.24. The minimum absolute atomic E-state index is 0.0452. The number of amides is 1. The van der Waals surface area contributed by atoms with Crippen LogP contribution in [0.25, 0.3) is 0 Å². The molecule has 1 aromatic carbocycles. The molecule has 0 unspecified atom stereocenters. The van der Waals surface area contributed by atoms with E-state index in [-0.39, 0.29) is 18.6 Å². The molecule has 0 bridgehead atoms. The summed E-state index contributed by atoms with van der Waals surface area (Å²) in [6, 6.07) is 3.73. The van der Waals surface area contributed by atoms with Crippen LogP contribution in [-0.4, -0.2) is 18.6 Å². The number of nitrogens with one attached hydrogen (secondary N) is 1. The third kappa shape index (κ3) is 3.75. The fourth-order valence-corrected chi connectivity index (χ4v) is 1.47. The molecule has 0 fully saturated rings. The third-order valence-electron chi connectivity index (χ3n) is 2.53. The molecule has 0 atom stereocenters. The van der Waals surface area contributed by atoms with Crippen molar-refractivity contribution in [2.24, 2.45) is 0 Å². The fourth-order valence-electron chi connectivity index (χ4n) is 1.47. The summed E-state index contributed by atoms with van der Waals surface area (Å²) in [6.45, 7) is 7.67. The number of carbonyl (C=O) groups excluding carboxylic acids is 1. The summed E-state index contributed by atoms with van der Waals surface area (Å²) in [6.07, 6.45) is 0.0452. The lowest BCUT2D eigenvalue weighted by Crippen LogP contribution is -2.21. The van der Waals surface area contributed by atoms with Gasteiger partial charge in [-0.3, -0.25) is 4.79 Å². The van der Waals surface area contributed by atoms with Gasteiger partial charge in [0.05, 0.1) is 6.10 Å². The van der Waals surface area contributed by atoms with E-state index in [1.165, 1.54) is 0 Å². The number of rotatable bonds is 4. The molecule has 0 aliphatic carbocycles. The number of ether oxygens (including phenoxy) is 1. The molecular formula is C13H20N2O2. The molecule has 3 N–H and O–H groups in total. The Morgan fingerprint density at radius 2 is 2.06 bits per heavy atom. The first-order valence-corrected chi connectivity index (χ1v) is 5.69. The van der Waals surface area contributed by atoms with Crippen LogP contribution < -0.4 is 11.1 Å². The molecule has 17 heavy (non-hydrogen) atoms. The Morgan fingerprint density at radius 1 is 1.41 bits per heavy atom. The average Bonchev–Trinajstić information content (AvgIpc) is 2.27. The molecule has 0 radical (unpaired) electrons. The Balaban J connectivity index is 2.74. The lowest BCUT2D eigenvalue weighted by molar-refractivity contribution is -0.121. The third-order valence-corrected chi connectivity index (χ3v) is 2.53. The first-order chi connectivity index (χ1) is 7.91. The van der Waals surface area contributed by atoms with Crippen LogP contribution in [0.4, 0.5) is 11.4 Å². The summed E-state index contributed by atoms with van der Waals surface area (Å²) in [5.41, 5.74) is 9.15. The summed E-state index contributed by atoms with van der Waals surface area (Å²) in [4.78, 5) is 11.7. The molecule has 0 saturated heterocycles. The number of aryl methyl sites for hydroxylation is 1. The monoisotopic (exact) mass is 236 g/mol. The molecule has 0 aromatic heterocycles. The number of nitrogens with two attached hydrogens (primary N) is 1. The zero-order valence-corrected chi connectivity index (χ0v) is 10.8. The lowest BCUT2D eigenvalue weighted by atomic mass is 10.1. The molecule has 94 valence electrons. The van der Waals surface area contributed by atoms with Crippen molar-refractivity contribution in [2.45, 2.75) is 33.8 Å². The van der Waals surface area contributed by atoms with Gasteiger partial charge in [0.25, 0.3) is 0 Å². The van der Waals surface area contributed by atoms with E-state index < -0.39 is 0 Å². The average molecular weight is 236 g/mol. The second-order valence-electron chi connectivity index (χ2n) is 4.38. The maximum Gasteiger partial charge on any atom is 0.250 e. The van der Waals surface area contributed by atoms with E-state index in [4.69, 9.17) is 10.5 Å². The van der Waals surface area contributed by atoms with E-state index in [1.54, 1.807) is 0 Å². The van der Waals surface area contributed by atoms with Crippen molar-refractivity contribution in [3.05, 3.63) is 23.3 Å². The van der Waals surface area contributed by atoms with E-state index in [0.717, 1.165) is 16.8 Å². The van der Waals surface area contributed by atoms with Gasteiger partial charge in [-0.15, -0.1) is 0 Å². The highest BCUT2D eigenvalue weighted by molar-refractivity contribution is 5.94. The number of hydrogen-bond donors (Lipinski definition) is 2. The maximum absolute atomic E-state index is 11.7. The predicted octanol–water partition coefficient (Wildman–Crippen LogP) is 2.25. The number of nitrogen functional groups attached to an aromatic ring is 1. The standard InChI is InChI=1S/C13H20N2O2/c1-8(2)17-7-12(16)15-13-9(3)5-6-11(14)10(13)4/h5-6,8H,7,14H2,1-4H3,(H,15,16). The molecule has 0 aliphatic heterocycles.